The van der Waals surface area contributed by atoms with E-state index in [0.717, 1.165) is 37.3 Å². The average Bonchev–Trinajstić information content (AvgIpc) is 2.61. The van der Waals surface area contributed by atoms with Gasteiger partial charge in [0.05, 0.1) is 36.2 Å². The van der Waals surface area contributed by atoms with Crippen LogP contribution in [0.15, 0.2) is 24.5 Å². The number of nitrogens with zero attached hydrogens (tertiary/aromatic N) is 2. The van der Waals surface area contributed by atoms with Crippen LogP contribution in [-0.4, -0.2) is 36.3 Å². The zero-order valence-corrected chi connectivity index (χ0v) is 8.94. The molecule has 1 N–H and O–H groups in total. The number of rotatable bonds is 1. The predicted octanol–water partition coefficient (Wildman–Crippen LogP) is 1.40. The van der Waals surface area contributed by atoms with Crippen molar-refractivity contribution in [3.05, 3.63) is 24.5 Å². The Morgan fingerprint density at radius 1 is 1.31 bits per heavy atom. The van der Waals surface area contributed by atoms with Crippen molar-refractivity contribution in [2.24, 2.45) is 5.41 Å². The van der Waals surface area contributed by atoms with Gasteiger partial charge < -0.3 is 14.6 Å². The van der Waals surface area contributed by atoms with Crippen LogP contribution in [0, 0.1) is 5.41 Å². The lowest BCUT2D eigenvalue weighted by molar-refractivity contribution is -0.126. The number of anilines is 1. The maximum Gasteiger partial charge on any atom is 0.112 e. The molecule has 0 amide bonds. The zero-order chi connectivity index (χ0) is 10.6. The first-order chi connectivity index (χ1) is 7.86. The van der Waals surface area contributed by atoms with Gasteiger partial charge in [-0.1, -0.05) is 6.07 Å². The number of imidazole rings is 1. The maximum absolute atomic E-state index is 5.29. The highest BCUT2D eigenvalue weighted by molar-refractivity contribution is 5.88. The van der Waals surface area contributed by atoms with E-state index in [1.165, 1.54) is 5.69 Å². The minimum Gasteiger partial charge on any atom is -0.380 e. The topological polar surface area (TPSA) is 41.1 Å². The van der Waals surface area contributed by atoms with Crippen LogP contribution in [0.2, 0.25) is 0 Å². The van der Waals surface area contributed by atoms with Crippen LogP contribution in [0.3, 0.4) is 0 Å². The molecule has 0 atom stereocenters. The first-order valence-corrected chi connectivity index (χ1v) is 5.61. The first-order valence-electron chi connectivity index (χ1n) is 5.61. The molecule has 4 heteroatoms. The summed E-state index contributed by atoms with van der Waals surface area (Å²) in [5.41, 5.74) is 3.90. The Kier molecular flexibility index (Phi) is 1.48. The van der Waals surface area contributed by atoms with Gasteiger partial charge in [0, 0.05) is 13.1 Å². The van der Waals surface area contributed by atoms with Crippen molar-refractivity contribution in [3.8, 4) is 0 Å². The van der Waals surface area contributed by atoms with Gasteiger partial charge in [0.25, 0.3) is 0 Å². The van der Waals surface area contributed by atoms with Gasteiger partial charge in [-0.05, 0) is 12.1 Å². The molecule has 1 spiro atoms. The molecule has 1 aromatic carbocycles. The highest BCUT2D eigenvalue weighted by Crippen LogP contribution is 2.41. The molecule has 16 heavy (non-hydrogen) atoms. The highest BCUT2D eigenvalue weighted by Gasteiger charge is 2.49. The van der Waals surface area contributed by atoms with E-state index in [0.29, 0.717) is 5.41 Å². The smallest absolute Gasteiger partial charge is 0.112 e. The third kappa shape index (κ3) is 0.998. The molecule has 4 rings (SSSR count). The number of H-pyrrole nitrogens is 1. The Morgan fingerprint density at radius 3 is 2.94 bits per heavy atom. The third-order valence-electron chi connectivity index (χ3n) is 3.64. The Labute approximate surface area is 93.2 Å². The normalized spacial score (nSPS) is 22.1. The summed E-state index contributed by atoms with van der Waals surface area (Å²) in [6.07, 6.45) is 1.76. The third-order valence-corrected chi connectivity index (χ3v) is 3.64. The minimum absolute atomic E-state index is 0.457. The van der Waals surface area contributed by atoms with E-state index >= 15 is 0 Å². The van der Waals surface area contributed by atoms with Crippen molar-refractivity contribution in [2.45, 2.75) is 0 Å². The summed E-state index contributed by atoms with van der Waals surface area (Å²) in [5, 5.41) is 0. The molecule has 0 saturated carbocycles. The van der Waals surface area contributed by atoms with E-state index in [1.54, 1.807) is 6.33 Å². The molecule has 1 aromatic heterocycles. The van der Waals surface area contributed by atoms with Crippen molar-refractivity contribution < 1.29 is 4.74 Å². The van der Waals surface area contributed by atoms with Crippen molar-refractivity contribution in [3.63, 3.8) is 0 Å². The van der Waals surface area contributed by atoms with Crippen LogP contribution in [0.4, 0.5) is 5.69 Å². The Bertz CT molecular complexity index is 536. The fraction of sp³-hybridized carbons (Fsp3) is 0.417. The summed E-state index contributed by atoms with van der Waals surface area (Å²) in [6.45, 7) is 4.08. The number of nitrogens with one attached hydrogen (secondary N) is 1. The predicted molar refractivity (Wildman–Crippen MR) is 61.6 cm³/mol. The standard InChI is InChI=1S/C12H13N3O/c1-2-9-11(14-8-13-9)10(3-1)15-4-12(5-15)6-16-7-12/h1-3,8H,4-7H2,(H,13,14). The van der Waals surface area contributed by atoms with E-state index in [9.17, 15) is 0 Å². The molecule has 0 aliphatic carbocycles. The molecule has 2 fully saturated rings. The van der Waals surface area contributed by atoms with E-state index in [2.05, 4.69) is 33.1 Å². The molecular formula is C12H13N3O. The van der Waals surface area contributed by atoms with Crippen LogP contribution < -0.4 is 4.90 Å². The summed E-state index contributed by atoms with van der Waals surface area (Å²) in [4.78, 5) is 9.93. The van der Waals surface area contributed by atoms with Gasteiger partial charge in [0.2, 0.25) is 0 Å². The summed E-state index contributed by atoms with van der Waals surface area (Å²) in [6, 6.07) is 6.29. The fourth-order valence-corrected chi connectivity index (χ4v) is 2.71. The van der Waals surface area contributed by atoms with E-state index in [1.807, 2.05) is 0 Å². The average molecular weight is 215 g/mol. The number of aromatic nitrogens is 2. The van der Waals surface area contributed by atoms with Crippen LogP contribution in [0.5, 0.6) is 0 Å². The van der Waals surface area contributed by atoms with Gasteiger partial charge in [-0.2, -0.15) is 0 Å². The molecule has 0 bridgehead atoms. The maximum atomic E-state index is 5.29. The van der Waals surface area contributed by atoms with Gasteiger partial charge >= 0.3 is 0 Å². The minimum atomic E-state index is 0.457. The number of hydrogen-bond acceptors (Lipinski definition) is 3. The largest absolute Gasteiger partial charge is 0.380 e. The molecule has 2 saturated heterocycles. The van der Waals surface area contributed by atoms with Crippen molar-refractivity contribution in [1.82, 2.24) is 9.97 Å². The molecule has 2 aromatic rings. The van der Waals surface area contributed by atoms with Crippen LogP contribution >= 0.6 is 0 Å². The van der Waals surface area contributed by atoms with Crippen LogP contribution in [0.1, 0.15) is 0 Å². The summed E-state index contributed by atoms with van der Waals surface area (Å²) in [5.74, 6) is 0. The SMILES string of the molecule is c1cc(N2CC3(COC3)C2)c2nc[nH]c2c1. The molecule has 3 heterocycles. The Morgan fingerprint density at radius 2 is 2.19 bits per heavy atom. The lowest BCUT2D eigenvalue weighted by Gasteiger charge is -2.56. The van der Waals surface area contributed by atoms with E-state index < -0.39 is 0 Å². The number of benzene rings is 1. The second-order valence-corrected chi connectivity index (χ2v) is 4.92. The van der Waals surface area contributed by atoms with Crippen molar-refractivity contribution in [2.75, 3.05) is 31.2 Å². The first kappa shape index (κ1) is 8.58. The van der Waals surface area contributed by atoms with Crippen LogP contribution in [-0.2, 0) is 4.74 Å². The highest BCUT2D eigenvalue weighted by atomic mass is 16.5. The molecular weight excluding hydrogens is 202 g/mol. The lowest BCUT2D eigenvalue weighted by atomic mass is 9.77. The van der Waals surface area contributed by atoms with Gasteiger partial charge in [-0.3, -0.25) is 0 Å². The Hall–Kier alpha value is -1.55. The van der Waals surface area contributed by atoms with Crippen LogP contribution in [0.25, 0.3) is 11.0 Å². The number of hydrogen-bond donors (Lipinski definition) is 1. The van der Waals surface area contributed by atoms with Gasteiger partial charge in [0.1, 0.15) is 5.52 Å². The van der Waals surface area contributed by atoms with Gasteiger partial charge in [-0.15, -0.1) is 0 Å². The quantitative estimate of drug-likeness (QED) is 0.781. The number of para-hydroxylation sites is 1. The van der Waals surface area contributed by atoms with E-state index in [-0.39, 0.29) is 0 Å². The van der Waals surface area contributed by atoms with Crippen molar-refractivity contribution >= 4 is 16.7 Å². The second kappa shape index (κ2) is 2.77. The summed E-state index contributed by atoms with van der Waals surface area (Å²) >= 11 is 0. The van der Waals surface area contributed by atoms with Crippen molar-refractivity contribution in [1.29, 1.82) is 0 Å². The number of aromatic amines is 1. The van der Waals surface area contributed by atoms with Gasteiger partial charge in [-0.25, -0.2) is 4.98 Å². The molecule has 2 aliphatic rings. The van der Waals surface area contributed by atoms with E-state index in [4.69, 9.17) is 4.74 Å². The molecule has 0 radical (unpaired) electrons. The van der Waals surface area contributed by atoms with Gasteiger partial charge in [0.15, 0.2) is 0 Å². The second-order valence-electron chi connectivity index (χ2n) is 4.92. The summed E-state index contributed by atoms with van der Waals surface area (Å²) < 4.78 is 5.29. The zero-order valence-electron chi connectivity index (χ0n) is 8.94. The molecule has 0 unspecified atom stereocenters. The molecule has 4 nitrogen and oxygen atoms in total. The number of ether oxygens (including phenoxy) is 1. The monoisotopic (exact) mass is 215 g/mol. The fourth-order valence-electron chi connectivity index (χ4n) is 2.71. The molecule has 82 valence electrons. The number of fused-ring (bicyclic) bond motifs is 1. The Balaban J connectivity index is 1.70. The summed E-state index contributed by atoms with van der Waals surface area (Å²) in [7, 11) is 0. The lowest BCUT2D eigenvalue weighted by Crippen LogP contribution is -2.66. The molecule has 2 aliphatic heterocycles.